The summed E-state index contributed by atoms with van der Waals surface area (Å²) in [4.78, 5) is 8.61. The third kappa shape index (κ3) is 2.46. The Bertz CT molecular complexity index is 687. The van der Waals surface area contributed by atoms with Crippen LogP contribution in [0.15, 0.2) is 24.3 Å². The first-order chi connectivity index (χ1) is 9.76. The number of rotatable bonds is 2. The second-order valence-corrected chi connectivity index (χ2v) is 4.85. The van der Waals surface area contributed by atoms with Gasteiger partial charge in [0.2, 0.25) is 5.82 Å². The van der Waals surface area contributed by atoms with Crippen LogP contribution in [0, 0.1) is 18.3 Å². The first-order valence-corrected chi connectivity index (χ1v) is 6.60. The van der Waals surface area contributed by atoms with E-state index in [4.69, 9.17) is 5.26 Å². The Labute approximate surface area is 117 Å². The van der Waals surface area contributed by atoms with Gasteiger partial charge in [-0.25, -0.2) is 9.97 Å². The highest BCUT2D eigenvalue weighted by Gasteiger charge is 2.17. The Kier molecular flexibility index (Phi) is 3.32. The molecule has 2 N–H and O–H groups in total. The molecule has 1 aromatic heterocycles. The summed E-state index contributed by atoms with van der Waals surface area (Å²) in [6, 6.07) is 10.1. The molecule has 2 aromatic rings. The van der Waals surface area contributed by atoms with E-state index in [2.05, 4.69) is 26.7 Å². The monoisotopic (exact) mass is 265 g/mol. The third-order valence-corrected chi connectivity index (χ3v) is 3.31. The summed E-state index contributed by atoms with van der Waals surface area (Å²) in [5.74, 6) is 0.949. The van der Waals surface area contributed by atoms with Crippen LogP contribution in [0.5, 0.6) is 0 Å². The molecule has 2 heterocycles. The van der Waals surface area contributed by atoms with Crippen LogP contribution < -0.4 is 10.6 Å². The summed E-state index contributed by atoms with van der Waals surface area (Å²) in [5, 5.41) is 15.7. The Morgan fingerprint density at radius 2 is 2.25 bits per heavy atom. The number of nitrogens with one attached hydrogen (secondary N) is 2. The Hall–Kier alpha value is -2.45. The van der Waals surface area contributed by atoms with Crippen LogP contribution in [0.2, 0.25) is 0 Å². The summed E-state index contributed by atoms with van der Waals surface area (Å²) >= 11 is 0. The predicted molar refractivity (Wildman–Crippen MR) is 76.6 cm³/mol. The fourth-order valence-corrected chi connectivity index (χ4v) is 2.36. The maximum atomic E-state index is 9.06. The minimum Gasteiger partial charge on any atom is -0.340 e. The zero-order valence-corrected chi connectivity index (χ0v) is 11.3. The SMILES string of the molecule is Cc1cccc(Nc2nc(C#N)nc3c2CNCC3)c1. The lowest BCUT2D eigenvalue weighted by atomic mass is 10.1. The molecule has 0 saturated heterocycles. The predicted octanol–water partition coefficient (Wildman–Crippen LogP) is 2.05. The minimum atomic E-state index is 0.223. The van der Waals surface area contributed by atoms with Crippen LogP contribution >= 0.6 is 0 Å². The lowest BCUT2D eigenvalue weighted by molar-refractivity contribution is 0.626. The molecule has 20 heavy (non-hydrogen) atoms. The minimum absolute atomic E-state index is 0.223. The van der Waals surface area contributed by atoms with Crippen molar-refractivity contribution >= 4 is 11.5 Å². The summed E-state index contributed by atoms with van der Waals surface area (Å²) in [7, 11) is 0. The van der Waals surface area contributed by atoms with Gasteiger partial charge in [0.15, 0.2) is 0 Å². The number of hydrogen-bond donors (Lipinski definition) is 2. The van der Waals surface area contributed by atoms with Gasteiger partial charge in [-0.3, -0.25) is 0 Å². The van der Waals surface area contributed by atoms with Crippen molar-refractivity contribution in [1.29, 1.82) is 5.26 Å². The van der Waals surface area contributed by atoms with Gasteiger partial charge in [-0.05, 0) is 24.6 Å². The van der Waals surface area contributed by atoms with Crippen LogP contribution in [-0.2, 0) is 13.0 Å². The Balaban J connectivity index is 2.02. The van der Waals surface area contributed by atoms with Crippen molar-refractivity contribution in [3.63, 3.8) is 0 Å². The Morgan fingerprint density at radius 3 is 3.05 bits per heavy atom. The molecule has 1 aliphatic rings. The molecule has 5 heteroatoms. The van der Waals surface area contributed by atoms with Crippen molar-refractivity contribution in [2.75, 3.05) is 11.9 Å². The molecule has 0 spiro atoms. The first-order valence-electron chi connectivity index (χ1n) is 6.60. The lowest BCUT2D eigenvalue weighted by Gasteiger charge is -2.19. The summed E-state index contributed by atoms with van der Waals surface area (Å²) in [5.41, 5.74) is 4.17. The van der Waals surface area contributed by atoms with E-state index in [0.717, 1.165) is 42.3 Å². The zero-order chi connectivity index (χ0) is 13.9. The van der Waals surface area contributed by atoms with E-state index < -0.39 is 0 Å². The van der Waals surface area contributed by atoms with Crippen molar-refractivity contribution in [1.82, 2.24) is 15.3 Å². The number of nitrogens with zero attached hydrogens (tertiary/aromatic N) is 3. The normalized spacial score (nSPS) is 13.4. The number of benzene rings is 1. The van der Waals surface area contributed by atoms with Gasteiger partial charge in [-0.1, -0.05) is 12.1 Å². The molecule has 0 aliphatic carbocycles. The molecule has 0 unspecified atom stereocenters. The van der Waals surface area contributed by atoms with Gasteiger partial charge in [-0.15, -0.1) is 0 Å². The van der Waals surface area contributed by atoms with Crippen LogP contribution in [0.4, 0.5) is 11.5 Å². The van der Waals surface area contributed by atoms with E-state index in [1.807, 2.05) is 31.2 Å². The van der Waals surface area contributed by atoms with Crippen LogP contribution in [0.3, 0.4) is 0 Å². The number of nitriles is 1. The molecule has 0 fully saturated rings. The number of aromatic nitrogens is 2. The molecular weight excluding hydrogens is 250 g/mol. The van der Waals surface area contributed by atoms with Gasteiger partial charge in [-0.2, -0.15) is 5.26 Å². The van der Waals surface area contributed by atoms with Crippen LogP contribution in [0.1, 0.15) is 22.6 Å². The summed E-state index contributed by atoms with van der Waals surface area (Å²) in [6.07, 6.45) is 0.828. The van der Waals surface area contributed by atoms with Crippen molar-refractivity contribution in [3.8, 4) is 6.07 Å². The van der Waals surface area contributed by atoms with Gasteiger partial charge in [0, 0.05) is 30.8 Å². The van der Waals surface area contributed by atoms with Crippen molar-refractivity contribution in [3.05, 3.63) is 46.9 Å². The fraction of sp³-hybridized carbons (Fsp3) is 0.267. The topological polar surface area (TPSA) is 73.6 Å². The van der Waals surface area contributed by atoms with Crippen molar-refractivity contribution in [2.45, 2.75) is 19.9 Å². The van der Waals surface area contributed by atoms with Gasteiger partial charge >= 0.3 is 0 Å². The van der Waals surface area contributed by atoms with E-state index in [1.54, 1.807) is 0 Å². The van der Waals surface area contributed by atoms with E-state index in [1.165, 1.54) is 5.56 Å². The van der Waals surface area contributed by atoms with Crippen molar-refractivity contribution in [2.24, 2.45) is 0 Å². The fourth-order valence-electron chi connectivity index (χ4n) is 2.36. The van der Waals surface area contributed by atoms with Gasteiger partial charge < -0.3 is 10.6 Å². The summed E-state index contributed by atoms with van der Waals surface area (Å²) < 4.78 is 0. The molecule has 0 saturated carbocycles. The van der Waals surface area contributed by atoms with Crippen molar-refractivity contribution < 1.29 is 0 Å². The van der Waals surface area contributed by atoms with E-state index in [0.29, 0.717) is 0 Å². The second-order valence-electron chi connectivity index (χ2n) is 4.85. The molecule has 100 valence electrons. The Morgan fingerprint density at radius 1 is 1.35 bits per heavy atom. The standard InChI is InChI=1S/C15H15N5/c1-10-3-2-4-11(7-10)18-15-12-9-17-6-5-13(12)19-14(8-16)20-15/h2-4,7,17H,5-6,9H2,1H3,(H,18,19,20). The van der Waals surface area contributed by atoms with Crippen LogP contribution in [-0.4, -0.2) is 16.5 Å². The highest BCUT2D eigenvalue weighted by atomic mass is 15.1. The highest BCUT2D eigenvalue weighted by molar-refractivity contribution is 5.61. The molecule has 1 aliphatic heterocycles. The molecule has 1 aromatic carbocycles. The second kappa shape index (κ2) is 5.27. The number of fused-ring (bicyclic) bond motifs is 1. The largest absolute Gasteiger partial charge is 0.340 e. The molecule has 3 rings (SSSR count). The molecule has 0 atom stereocenters. The maximum Gasteiger partial charge on any atom is 0.234 e. The quantitative estimate of drug-likeness (QED) is 0.869. The van der Waals surface area contributed by atoms with Gasteiger partial charge in [0.1, 0.15) is 11.9 Å². The lowest BCUT2D eigenvalue weighted by Crippen LogP contribution is -2.26. The van der Waals surface area contributed by atoms with Gasteiger partial charge in [0.05, 0.1) is 5.69 Å². The molecule has 0 amide bonds. The molecule has 0 bridgehead atoms. The smallest absolute Gasteiger partial charge is 0.234 e. The van der Waals surface area contributed by atoms with E-state index in [-0.39, 0.29) is 5.82 Å². The maximum absolute atomic E-state index is 9.06. The average molecular weight is 265 g/mol. The molecule has 5 nitrogen and oxygen atoms in total. The zero-order valence-electron chi connectivity index (χ0n) is 11.3. The van der Waals surface area contributed by atoms with Crippen LogP contribution in [0.25, 0.3) is 0 Å². The van der Waals surface area contributed by atoms with E-state index in [9.17, 15) is 0 Å². The molecular formula is C15H15N5. The highest BCUT2D eigenvalue weighted by Crippen LogP contribution is 2.23. The first kappa shape index (κ1) is 12.6. The van der Waals surface area contributed by atoms with Gasteiger partial charge in [0.25, 0.3) is 0 Å². The number of anilines is 2. The number of aryl methyl sites for hydroxylation is 1. The third-order valence-electron chi connectivity index (χ3n) is 3.31. The van der Waals surface area contributed by atoms with E-state index >= 15 is 0 Å². The summed E-state index contributed by atoms with van der Waals surface area (Å²) in [6.45, 7) is 3.66. The molecule has 0 radical (unpaired) electrons. The number of hydrogen-bond acceptors (Lipinski definition) is 5. The average Bonchev–Trinajstić information content (AvgIpc) is 2.47.